The standard InChI is InChI=1S/C63H112NO8P/c1-3-5-7-9-11-13-15-17-19-20-21-22-23-24-25-26-27-28-29-30-31-32-33-34-35-36-37-38-39-40-42-44-46-48-50-52-54-56-63(66)72-61(60-71-73(67,68)70-58-57-64)59-69-62(65)55-53-51-49-47-45-43-41-18-16-14-12-10-8-6-4-2/h5,7,11-14,17-19,21-22,24-25,41,61H,3-4,6,8-10,15-16,20,23,26-40,42-60,64H2,1-2H3,(H,67,68)/b7-5-,13-11-,14-12-,19-17-,22-21-,25-24-,41-18-. The average Bonchev–Trinajstić information content (AvgIpc) is 3.38. The Balaban J connectivity index is 3.84. The van der Waals surface area contributed by atoms with Crippen LogP contribution in [0.15, 0.2) is 85.1 Å². The third kappa shape index (κ3) is 58.3. The first-order valence-corrected chi connectivity index (χ1v) is 31.6. The van der Waals surface area contributed by atoms with Gasteiger partial charge in [0.25, 0.3) is 0 Å². The van der Waals surface area contributed by atoms with Gasteiger partial charge in [0.1, 0.15) is 6.61 Å². The highest BCUT2D eigenvalue weighted by Gasteiger charge is 2.26. The highest BCUT2D eigenvalue weighted by Crippen LogP contribution is 2.43. The van der Waals surface area contributed by atoms with Gasteiger partial charge < -0.3 is 20.1 Å². The van der Waals surface area contributed by atoms with Crippen LogP contribution < -0.4 is 5.73 Å². The van der Waals surface area contributed by atoms with Crippen molar-refractivity contribution < 1.29 is 37.6 Å². The lowest BCUT2D eigenvalue weighted by molar-refractivity contribution is -0.161. The first-order valence-electron chi connectivity index (χ1n) is 30.1. The predicted molar refractivity (Wildman–Crippen MR) is 312 cm³/mol. The summed E-state index contributed by atoms with van der Waals surface area (Å²) >= 11 is 0. The fourth-order valence-corrected chi connectivity index (χ4v) is 9.11. The summed E-state index contributed by atoms with van der Waals surface area (Å²) in [6, 6.07) is 0. The van der Waals surface area contributed by atoms with Gasteiger partial charge in [0.15, 0.2) is 6.10 Å². The third-order valence-electron chi connectivity index (χ3n) is 12.8. The summed E-state index contributed by atoms with van der Waals surface area (Å²) in [5.74, 6) is -0.838. The maximum Gasteiger partial charge on any atom is 0.472 e. The molecular weight excluding hydrogens is 930 g/mol. The van der Waals surface area contributed by atoms with E-state index in [2.05, 4.69) is 98.9 Å². The van der Waals surface area contributed by atoms with Gasteiger partial charge in [0.05, 0.1) is 13.2 Å². The number of phosphoric acid groups is 1. The lowest BCUT2D eigenvalue weighted by Gasteiger charge is -2.19. The molecule has 10 heteroatoms. The summed E-state index contributed by atoms with van der Waals surface area (Å²) in [5.41, 5.74) is 5.38. The molecule has 0 saturated heterocycles. The molecule has 0 amide bonds. The van der Waals surface area contributed by atoms with Crippen molar-refractivity contribution in [3.8, 4) is 0 Å². The van der Waals surface area contributed by atoms with Gasteiger partial charge in [-0.3, -0.25) is 18.6 Å². The molecule has 73 heavy (non-hydrogen) atoms. The molecule has 2 atom stereocenters. The van der Waals surface area contributed by atoms with Crippen LogP contribution in [-0.2, 0) is 32.7 Å². The van der Waals surface area contributed by atoms with E-state index < -0.39 is 32.5 Å². The Hall–Kier alpha value is -2.81. The molecule has 0 radical (unpaired) electrons. The molecule has 0 fully saturated rings. The lowest BCUT2D eigenvalue weighted by atomic mass is 10.0. The second-order valence-corrected chi connectivity index (χ2v) is 21.3. The molecular formula is C63H112NO8P. The maximum absolute atomic E-state index is 12.7. The Labute approximate surface area is 449 Å². The number of esters is 2. The van der Waals surface area contributed by atoms with Crippen molar-refractivity contribution in [1.29, 1.82) is 0 Å². The van der Waals surface area contributed by atoms with E-state index in [1.807, 2.05) is 0 Å². The Kier molecular flexibility index (Phi) is 56.2. The molecule has 0 bridgehead atoms. The number of nitrogens with two attached hydrogens (primary N) is 1. The van der Waals surface area contributed by atoms with E-state index in [1.165, 1.54) is 141 Å². The van der Waals surface area contributed by atoms with Crippen LogP contribution in [0.2, 0.25) is 0 Å². The number of allylic oxidation sites excluding steroid dienone is 14. The van der Waals surface area contributed by atoms with E-state index in [0.717, 1.165) is 89.9 Å². The lowest BCUT2D eigenvalue weighted by Crippen LogP contribution is -2.29. The Bertz CT molecular complexity index is 1470. The zero-order chi connectivity index (χ0) is 53.1. The molecule has 0 aromatic carbocycles. The molecule has 2 unspecified atom stereocenters. The number of phosphoric ester groups is 1. The van der Waals surface area contributed by atoms with Gasteiger partial charge in [-0.1, -0.05) is 253 Å². The number of carbonyl (C=O) groups is 2. The quantitative estimate of drug-likeness (QED) is 0.0264. The number of ether oxygens (including phenoxy) is 2. The van der Waals surface area contributed by atoms with Crippen molar-refractivity contribution in [1.82, 2.24) is 0 Å². The molecule has 0 aliphatic heterocycles. The highest BCUT2D eigenvalue weighted by atomic mass is 31.2. The number of hydrogen-bond donors (Lipinski definition) is 2. The number of unbranched alkanes of at least 4 members (excludes halogenated alkanes) is 29. The average molecular weight is 1040 g/mol. The minimum absolute atomic E-state index is 0.0501. The molecule has 0 aliphatic carbocycles. The van der Waals surface area contributed by atoms with Crippen LogP contribution in [0.5, 0.6) is 0 Å². The van der Waals surface area contributed by atoms with E-state index in [0.29, 0.717) is 12.8 Å². The third-order valence-corrected chi connectivity index (χ3v) is 13.7. The van der Waals surface area contributed by atoms with Crippen molar-refractivity contribution in [2.75, 3.05) is 26.4 Å². The van der Waals surface area contributed by atoms with Crippen molar-refractivity contribution in [2.24, 2.45) is 5.73 Å². The van der Waals surface area contributed by atoms with Crippen molar-refractivity contribution in [2.45, 2.75) is 277 Å². The second kappa shape index (κ2) is 58.5. The first-order chi connectivity index (χ1) is 35.8. The zero-order valence-corrected chi connectivity index (χ0v) is 48.0. The van der Waals surface area contributed by atoms with Crippen LogP contribution in [0, 0.1) is 0 Å². The molecule has 0 aliphatic rings. The molecule has 0 aromatic rings. The maximum atomic E-state index is 12.7. The number of hydrogen-bond acceptors (Lipinski definition) is 8. The van der Waals surface area contributed by atoms with Gasteiger partial charge in [-0.15, -0.1) is 0 Å². The monoisotopic (exact) mass is 1040 g/mol. The Morgan fingerprint density at radius 2 is 0.753 bits per heavy atom. The smallest absolute Gasteiger partial charge is 0.462 e. The predicted octanol–water partition coefficient (Wildman–Crippen LogP) is 19.1. The van der Waals surface area contributed by atoms with E-state index in [1.54, 1.807) is 0 Å². The van der Waals surface area contributed by atoms with E-state index in [9.17, 15) is 19.0 Å². The van der Waals surface area contributed by atoms with Crippen LogP contribution in [0.3, 0.4) is 0 Å². The second-order valence-electron chi connectivity index (χ2n) is 19.8. The molecule has 9 nitrogen and oxygen atoms in total. The Morgan fingerprint density at radius 1 is 0.425 bits per heavy atom. The fraction of sp³-hybridized carbons (Fsp3) is 0.746. The highest BCUT2D eigenvalue weighted by molar-refractivity contribution is 7.47. The molecule has 3 N–H and O–H groups in total. The summed E-state index contributed by atoms with van der Waals surface area (Å²) in [6.07, 6.45) is 76.6. The largest absolute Gasteiger partial charge is 0.472 e. The van der Waals surface area contributed by atoms with Crippen molar-refractivity contribution >= 4 is 19.8 Å². The van der Waals surface area contributed by atoms with Gasteiger partial charge in [-0.25, -0.2) is 4.57 Å². The zero-order valence-electron chi connectivity index (χ0n) is 47.1. The summed E-state index contributed by atoms with van der Waals surface area (Å²) in [4.78, 5) is 35.1. The SMILES string of the molecule is CC/C=C\C/C=C\C/C=C\C/C=C\C/C=C\CCCCCCCCCCCCCCCCCCCCCCCC(=O)OC(COC(=O)CCCCCCC/C=C\C/C=C\CCCCC)COP(=O)(O)OCCN. The topological polar surface area (TPSA) is 134 Å². The van der Waals surface area contributed by atoms with E-state index in [-0.39, 0.29) is 32.6 Å². The summed E-state index contributed by atoms with van der Waals surface area (Å²) in [5, 5.41) is 0. The fourth-order valence-electron chi connectivity index (χ4n) is 8.34. The van der Waals surface area contributed by atoms with Crippen LogP contribution >= 0.6 is 7.82 Å². The van der Waals surface area contributed by atoms with Gasteiger partial charge >= 0.3 is 19.8 Å². The van der Waals surface area contributed by atoms with Crippen molar-refractivity contribution in [3.05, 3.63) is 85.1 Å². The molecule has 0 rings (SSSR count). The molecule has 422 valence electrons. The molecule has 0 heterocycles. The van der Waals surface area contributed by atoms with E-state index in [4.69, 9.17) is 24.3 Å². The van der Waals surface area contributed by atoms with Gasteiger partial charge in [-0.2, -0.15) is 0 Å². The van der Waals surface area contributed by atoms with Crippen LogP contribution in [0.1, 0.15) is 271 Å². The Morgan fingerprint density at radius 3 is 1.12 bits per heavy atom. The first kappa shape index (κ1) is 70.2. The van der Waals surface area contributed by atoms with Crippen LogP contribution in [0.4, 0.5) is 0 Å². The van der Waals surface area contributed by atoms with Crippen LogP contribution in [-0.4, -0.2) is 49.3 Å². The normalized spacial score (nSPS) is 13.6. The summed E-state index contributed by atoms with van der Waals surface area (Å²) in [7, 11) is -4.39. The minimum Gasteiger partial charge on any atom is -0.462 e. The van der Waals surface area contributed by atoms with Crippen LogP contribution in [0.25, 0.3) is 0 Å². The molecule has 0 aromatic heterocycles. The number of rotatable bonds is 56. The van der Waals surface area contributed by atoms with Gasteiger partial charge in [-0.05, 0) is 89.9 Å². The van der Waals surface area contributed by atoms with Gasteiger partial charge in [0.2, 0.25) is 0 Å². The van der Waals surface area contributed by atoms with Gasteiger partial charge in [0, 0.05) is 19.4 Å². The molecule has 0 spiro atoms. The van der Waals surface area contributed by atoms with E-state index >= 15 is 0 Å². The summed E-state index contributed by atoms with van der Waals surface area (Å²) < 4.78 is 33.0. The number of carbonyl (C=O) groups excluding carboxylic acids is 2. The molecule has 0 saturated carbocycles. The minimum atomic E-state index is -4.39. The van der Waals surface area contributed by atoms with Crippen molar-refractivity contribution in [3.63, 3.8) is 0 Å². The summed E-state index contributed by atoms with van der Waals surface area (Å²) in [6.45, 7) is 3.60.